The van der Waals surface area contributed by atoms with Gasteiger partial charge < -0.3 is 20.3 Å². The number of benzene rings is 1. The van der Waals surface area contributed by atoms with Gasteiger partial charge in [0.1, 0.15) is 5.60 Å². The number of aliphatic hydroxyl groups is 1. The first-order chi connectivity index (χ1) is 9.66. The molecule has 3 rings (SSSR count). The molecule has 4 unspecified atom stereocenters. The fourth-order valence-electron chi connectivity index (χ4n) is 4.06. The van der Waals surface area contributed by atoms with Crippen LogP contribution in [0, 0.1) is 5.41 Å². The van der Waals surface area contributed by atoms with E-state index < -0.39 is 11.0 Å². The standard InChI is InChI=1S/C16H23NO3/c1-19-11-16(18,12-5-3-2-4-6-12)15(10-17)9-13-7-8-14(15)20-13/h2-6,13-14,18H,7-11,17H2,1H3. The Labute approximate surface area is 119 Å². The van der Waals surface area contributed by atoms with E-state index in [1.165, 1.54) is 0 Å². The number of fused-ring (bicyclic) bond motifs is 2. The summed E-state index contributed by atoms with van der Waals surface area (Å²) in [6, 6.07) is 9.72. The van der Waals surface area contributed by atoms with Crippen LogP contribution in [-0.2, 0) is 15.1 Å². The summed E-state index contributed by atoms with van der Waals surface area (Å²) in [5, 5.41) is 11.5. The molecule has 2 heterocycles. The first-order valence-corrected chi connectivity index (χ1v) is 7.28. The van der Waals surface area contributed by atoms with Gasteiger partial charge in [0.15, 0.2) is 0 Å². The second-order valence-corrected chi connectivity index (χ2v) is 6.05. The van der Waals surface area contributed by atoms with Crippen LogP contribution in [0.2, 0.25) is 0 Å². The zero-order chi connectivity index (χ0) is 14.2. The van der Waals surface area contributed by atoms with E-state index in [4.69, 9.17) is 15.2 Å². The van der Waals surface area contributed by atoms with Crippen LogP contribution in [0.1, 0.15) is 24.8 Å². The summed E-state index contributed by atoms with van der Waals surface area (Å²) in [7, 11) is 1.62. The van der Waals surface area contributed by atoms with Crippen molar-refractivity contribution in [3.8, 4) is 0 Å². The van der Waals surface area contributed by atoms with Crippen molar-refractivity contribution in [1.29, 1.82) is 0 Å². The van der Waals surface area contributed by atoms with Gasteiger partial charge in [-0.15, -0.1) is 0 Å². The zero-order valence-corrected chi connectivity index (χ0v) is 11.9. The van der Waals surface area contributed by atoms with Gasteiger partial charge >= 0.3 is 0 Å². The number of hydrogen-bond acceptors (Lipinski definition) is 4. The van der Waals surface area contributed by atoms with Crippen molar-refractivity contribution in [1.82, 2.24) is 0 Å². The lowest BCUT2D eigenvalue weighted by atomic mass is 9.61. The Balaban J connectivity index is 2.05. The van der Waals surface area contributed by atoms with Crippen molar-refractivity contribution >= 4 is 0 Å². The molecular weight excluding hydrogens is 254 g/mol. The average Bonchev–Trinajstić information content (AvgIpc) is 3.09. The molecule has 2 aliphatic heterocycles. The van der Waals surface area contributed by atoms with Crippen molar-refractivity contribution in [3.05, 3.63) is 35.9 Å². The molecule has 2 fully saturated rings. The van der Waals surface area contributed by atoms with Crippen LogP contribution in [0.5, 0.6) is 0 Å². The second kappa shape index (κ2) is 5.11. The number of hydrogen-bond donors (Lipinski definition) is 2. The van der Waals surface area contributed by atoms with Gasteiger partial charge in [0.05, 0.1) is 18.8 Å². The average molecular weight is 277 g/mol. The van der Waals surface area contributed by atoms with Gasteiger partial charge in [-0.2, -0.15) is 0 Å². The summed E-state index contributed by atoms with van der Waals surface area (Å²) in [5.74, 6) is 0. The lowest BCUT2D eigenvalue weighted by Crippen LogP contribution is -2.58. The van der Waals surface area contributed by atoms with Crippen LogP contribution in [0.25, 0.3) is 0 Å². The van der Waals surface area contributed by atoms with Gasteiger partial charge in [0.25, 0.3) is 0 Å². The Kier molecular flexibility index (Phi) is 3.58. The molecule has 4 nitrogen and oxygen atoms in total. The lowest BCUT2D eigenvalue weighted by molar-refractivity contribution is -0.151. The van der Waals surface area contributed by atoms with E-state index in [1.54, 1.807) is 7.11 Å². The number of methoxy groups -OCH3 is 1. The van der Waals surface area contributed by atoms with E-state index >= 15 is 0 Å². The molecule has 0 spiro atoms. The highest BCUT2D eigenvalue weighted by Gasteiger charge is 2.62. The van der Waals surface area contributed by atoms with Crippen molar-refractivity contribution in [3.63, 3.8) is 0 Å². The third kappa shape index (κ3) is 1.83. The molecule has 0 saturated carbocycles. The zero-order valence-electron chi connectivity index (χ0n) is 11.9. The summed E-state index contributed by atoms with van der Waals surface area (Å²) < 4.78 is 11.3. The van der Waals surface area contributed by atoms with Crippen LogP contribution in [-0.4, -0.2) is 37.6 Å². The minimum absolute atomic E-state index is 0.0258. The first-order valence-electron chi connectivity index (χ1n) is 7.28. The van der Waals surface area contributed by atoms with Crippen LogP contribution in [0.4, 0.5) is 0 Å². The SMILES string of the molecule is COCC(O)(c1ccccc1)C1(CN)CC2CCC1O2. The van der Waals surface area contributed by atoms with E-state index in [1.807, 2.05) is 30.3 Å². The van der Waals surface area contributed by atoms with Crippen LogP contribution in [0.15, 0.2) is 30.3 Å². The normalized spacial score (nSPS) is 35.1. The molecule has 4 heteroatoms. The molecule has 20 heavy (non-hydrogen) atoms. The smallest absolute Gasteiger partial charge is 0.122 e. The predicted octanol–water partition coefficient (Wildman–Crippen LogP) is 1.42. The molecule has 0 radical (unpaired) electrons. The molecule has 0 aliphatic carbocycles. The van der Waals surface area contributed by atoms with Crippen LogP contribution < -0.4 is 5.73 Å². The third-order valence-electron chi connectivity index (χ3n) is 5.11. The van der Waals surface area contributed by atoms with Gasteiger partial charge in [0, 0.05) is 19.1 Å². The maximum absolute atomic E-state index is 11.5. The molecule has 2 saturated heterocycles. The molecule has 0 amide bonds. The highest BCUT2D eigenvalue weighted by molar-refractivity contribution is 5.29. The van der Waals surface area contributed by atoms with Gasteiger partial charge in [-0.3, -0.25) is 0 Å². The molecule has 0 aromatic heterocycles. The quantitative estimate of drug-likeness (QED) is 0.854. The summed E-state index contributed by atoms with van der Waals surface area (Å²) >= 11 is 0. The lowest BCUT2D eigenvalue weighted by Gasteiger charge is -2.48. The molecule has 3 N–H and O–H groups in total. The van der Waals surface area contributed by atoms with Crippen molar-refractivity contribution in [2.75, 3.05) is 20.3 Å². The topological polar surface area (TPSA) is 64.7 Å². The van der Waals surface area contributed by atoms with Crippen molar-refractivity contribution in [2.45, 2.75) is 37.1 Å². The van der Waals surface area contributed by atoms with Crippen LogP contribution in [0.3, 0.4) is 0 Å². The number of rotatable bonds is 5. The minimum atomic E-state index is -1.10. The van der Waals surface area contributed by atoms with Crippen molar-refractivity contribution < 1.29 is 14.6 Å². The Morgan fingerprint density at radius 2 is 2.15 bits per heavy atom. The first kappa shape index (κ1) is 14.0. The molecular formula is C16H23NO3. The largest absolute Gasteiger partial charge is 0.382 e. The van der Waals surface area contributed by atoms with E-state index in [0.29, 0.717) is 6.54 Å². The molecule has 2 bridgehead atoms. The number of ether oxygens (including phenoxy) is 2. The van der Waals surface area contributed by atoms with Crippen molar-refractivity contribution in [2.24, 2.45) is 11.1 Å². The van der Waals surface area contributed by atoms with E-state index in [2.05, 4.69) is 0 Å². The number of nitrogens with two attached hydrogens (primary N) is 1. The molecule has 1 aromatic rings. The van der Waals surface area contributed by atoms with E-state index in [-0.39, 0.29) is 18.8 Å². The Morgan fingerprint density at radius 3 is 2.65 bits per heavy atom. The Hall–Kier alpha value is -0.940. The second-order valence-electron chi connectivity index (χ2n) is 6.05. The van der Waals surface area contributed by atoms with Gasteiger partial charge in [0.2, 0.25) is 0 Å². The molecule has 110 valence electrons. The summed E-state index contributed by atoms with van der Waals surface area (Å²) in [6.45, 7) is 0.643. The van der Waals surface area contributed by atoms with Crippen LogP contribution >= 0.6 is 0 Å². The summed E-state index contributed by atoms with van der Waals surface area (Å²) in [5.41, 5.74) is 5.43. The fourth-order valence-corrected chi connectivity index (χ4v) is 4.06. The molecule has 2 aliphatic rings. The van der Waals surface area contributed by atoms with E-state index in [9.17, 15) is 5.11 Å². The van der Waals surface area contributed by atoms with Gasteiger partial charge in [-0.1, -0.05) is 30.3 Å². The predicted molar refractivity (Wildman–Crippen MR) is 76.2 cm³/mol. The maximum Gasteiger partial charge on any atom is 0.122 e. The third-order valence-corrected chi connectivity index (χ3v) is 5.11. The highest BCUT2D eigenvalue weighted by atomic mass is 16.5. The fraction of sp³-hybridized carbons (Fsp3) is 0.625. The highest BCUT2D eigenvalue weighted by Crippen LogP contribution is 2.56. The summed E-state index contributed by atoms with van der Waals surface area (Å²) in [6.07, 6.45) is 3.11. The van der Waals surface area contributed by atoms with Gasteiger partial charge in [-0.25, -0.2) is 0 Å². The Morgan fingerprint density at radius 1 is 1.40 bits per heavy atom. The molecule has 1 aromatic carbocycles. The summed E-state index contributed by atoms with van der Waals surface area (Å²) in [4.78, 5) is 0. The minimum Gasteiger partial charge on any atom is -0.382 e. The molecule has 4 atom stereocenters. The monoisotopic (exact) mass is 277 g/mol. The maximum atomic E-state index is 11.5. The van der Waals surface area contributed by atoms with Gasteiger partial charge in [-0.05, 0) is 24.8 Å². The Bertz CT molecular complexity index is 466. The van der Waals surface area contributed by atoms with E-state index in [0.717, 1.165) is 24.8 Å².